The second-order valence-corrected chi connectivity index (χ2v) is 3.71. The van der Waals surface area contributed by atoms with Crippen LogP contribution in [0.2, 0.25) is 0 Å². The fourth-order valence-electron chi connectivity index (χ4n) is 1.89. The van der Waals surface area contributed by atoms with Crippen LogP contribution in [-0.4, -0.2) is 9.38 Å². The van der Waals surface area contributed by atoms with Crippen molar-refractivity contribution in [3.63, 3.8) is 0 Å². The van der Waals surface area contributed by atoms with E-state index in [2.05, 4.69) is 4.98 Å². The van der Waals surface area contributed by atoms with Gasteiger partial charge in [0.15, 0.2) is 0 Å². The van der Waals surface area contributed by atoms with Crippen LogP contribution < -0.4 is 5.73 Å². The molecule has 3 rings (SSSR count). The van der Waals surface area contributed by atoms with Crippen LogP contribution in [0, 0.1) is 5.82 Å². The van der Waals surface area contributed by atoms with Crippen LogP contribution >= 0.6 is 0 Å². The van der Waals surface area contributed by atoms with Crippen molar-refractivity contribution in [3.8, 4) is 0 Å². The van der Waals surface area contributed by atoms with Gasteiger partial charge in [0, 0.05) is 24.3 Å². The molecule has 16 heavy (non-hydrogen) atoms. The maximum Gasteiger partial charge on any atom is 0.144 e. The molecule has 0 fully saturated rings. The first-order valence-corrected chi connectivity index (χ1v) is 5.04. The van der Waals surface area contributed by atoms with Crippen molar-refractivity contribution in [2.75, 3.05) is 0 Å². The number of imidazole rings is 1. The van der Waals surface area contributed by atoms with E-state index in [4.69, 9.17) is 5.73 Å². The second-order valence-electron chi connectivity index (χ2n) is 3.71. The Bertz CT molecular complexity index is 672. The Kier molecular flexibility index (Phi) is 1.91. The highest BCUT2D eigenvalue weighted by Crippen LogP contribution is 2.20. The molecule has 0 amide bonds. The van der Waals surface area contributed by atoms with E-state index in [1.807, 2.05) is 22.9 Å². The van der Waals surface area contributed by atoms with Crippen LogP contribution in [0.1, 0.15) is 5.69 Å². The summed E-state index contributed by atoms with van der Waals surface area (Å²) in [5, 5.41) is 1.78. The minimum atomic E-state index is -0.234. The van der Waals surface area contributed by atoms with E-state index in [-0.39, 0.29) is 5.82 Å². The summed E-state index contributed by atoms with van der Waals surface area (Å²) in [6.07, 6.45) is 3.75. The highest BCUT2D eigenvalue weighted by atomic mass is 19.1. The molecule has 0 aliphatic heterocycles. The first kappa shape index (κ1) is 9.30. The predicted octanol–water partition coefficient (Wildman–Crippen LogP) is 2.09. The third kappa shape index (κ3) is 1.27. The minimum absolute atomic E-state index is 0.234. The standard InChI is InChI=1S/C12H10FN3/c13-9-1-2-11-8(5-9)3-4-16-7-10(6-14)15-12(11)16/h1-5,7H,6,14H2. The molecule has 0 atom stereocenters. The minimum Gasteiger partial charge on any atom is -0.325 e. The Morgan fingerprint density at radius 3 is 3.00 bits per heavy atom. The van der Waals surface area contributed by atoms with Crippen LogP contribution in [0.4, 0.5) is 4.39 Å². The average molecular weight is 215 g/mol. The van der Waals surface area contributed by atoms with Crippen LogP contribution in [0.5, 0.6) is 0 Å². The van der Waals surface area contributed by atoms with E-state index >= 15 is 0 Å². The number of fused-ring (bicyclic) bond motifs is 3. The molecule has 0 spiro atoms. The van der Waals surface area contributed by atoms with Gasteiger partial charge in [-0.1, -0.05) is 0 Å². The number of rotatable bonds is 1. The van der Waals surface area contributed by atoms with Crippen LogP contribution in [-0.2, 0) is 6.54 Å². The van der Waals surface area contributed by atoms with Gasteiger partial charge in [0.2, 0.25) is 0 Å². The van der Waals surface area contributed by atoms with Gasteiger partial charge in [-0.3, -0.25) is 0 Å². The smallest absolute Gasteiger partial charge is 0.144 e. The fourth-order valence-corrected chi connectivity index (χ4v) is 1.89. The van der Waals surface area contributed by atoms with Gasteiger partial charge in [-0.15, -0.1) is 0 Å². The number of aromatic nitrogens is 2. The van der Waals surface area contributed by atoms with Crippen LogP contribution in [0.15, 0.2) is 36.7 Å². The van der Waals surface area contributed by atoms with Gasteiger partial charge in [0.1, 0.15) is 11.5 Å². The number of nitrogens with two attached hydrogens (primary N) is 1. The molecule has 0 radical (unpaired) electrons. The predicted molar refractivity (Wildman–Crippen MR) is 60.5 cm³/mol. The van der Waals surface area contributed by atoms with Crippen LogP contribution in [0.3, 0.4) is 0 Å². The first-order valence-electron chi connectivity index (χ1n) is 5.04. The highest BCUT2D eigenvalue weighted by molar-refractivity contribution is 5.93. The van der Waals surface area contributed by atoms with Gasteiger partial charge in [0.05, 0.1) is 5.69 Å². The normalized spacial score (nSPS) is 11.4. The van der Waals surface area contributed by atoms with Gasteiger partial charge in [0.25, 0.3) is 0 Å². The van der Waals surface area contributed by atoms with Crippen molar-refractivity contribution in [1.29, 1.82) is 0 Å². The summed E-state index contributed by atoms with van der Waals surface area (Å²) in [6.45, 7) is 0.407. The summed E-state index contributed by atoms with van der Waals surface area (Å²) in [7, 11) is 0. The maximum atomic E-state index is 13.1. The summed E-state index contributed by atoms with van der Waals surface area (Å²) in [6, 6.07) is 6.56. The zero-order chi connectivity index (χ0) is 11.1. The molecular weight excluding hydrogens is 205 g/mol. The Labute approximate surface area is 91.3 Å². The number of halogens is 1. The van der Waals surface area contributed by atoms with E-state index < -0.39 is 0 Å². The van der Waals surface area contributed by atoms with Crippen molar-refractivity contribution in [2.24, 2.45) is 5.73 Å². The lowest BCUT2D eigenvalue weighted by molar-refractivity contribution is 0.630. The topological polar surface area (TPSA) is 43.3 Å². The van der Waals surface area contributed by atoms with E-state index in [0.717, 1.165) is 22.1 Å². The van der Waals surface area contributed by atoms with E-state index in [1.54, 1.807) is 6.07 Å². The molecule has 2 aromatic heterocycles. The van der Waals surface area contributed by atoms with Crippen LogP contribution in [0.25, 0.3) is 16.4 Å². The molecule has 0 unspecified atom stereocenters. The third-order valence-corrected chi connectivity index (χ3v) is 2.66. The molecule has 4 heteroatoms. The summed E-state index contributed by atoms with van der Waals surface area (Å²) in [4.78, 5) is 4.40. The molecule has 2 N–H and O–H groups in total. The summed E-state index contributed by atoms with van der Waals surface area (Å²) < 4.78 is 15.0. The second kappa shape index (κ2) is 3.28. The summed E-state index contributed by atoms with van der Waals surface area (Å²) >= 11 is 0. The third-order valence-electron chi connectivity index (χ3n) is 2.66. The van der Waals surface area contributed by atoms with Crippen molar-refractivity contribution < 1.29 is 4.39 Å². The molecule has 3 nitrogen and oxygen atoms in total. The van der Waals surface area contributed by atoms with Gasteiger partial charge < -0.3 is 10.1 Å². The number of benzene rings is 1. The molecule has 0 aliphatic rings. The number of nitrogens with zero attached hydrogens (tertiary/aromatic N) is 2. The molecular formula is C12H10FN3. The van der Waals surface area contributed by atoms with Crippen molar-refractivity contribution in [1.82, 2.24) is 9.38 Å². The SMILES string of the molecule is NCc1cn2ccc3cc(F)ccc3c2n1. The molecule has 0 saturated carbocycles. The molecule has 80 valence electrons. The maximum absolute atomic E-state index is 13.1. The van der Waals surface area contributed by atoms with Crippen molar-refractivity contribution in [2.45, 2.75) is 6.54 Å². The Hall–Kier alpha value is -1.94. The van der Waals surface area contributed by atoms with Crippen molar-refractivity contribution in [3.05, 3.63) is 48.2 Å². The number of hydrogen-bond acceptors (Lipinski definition) is 2. The largest absolute Gasteiger partial charge is 0.325 e. The molecule has 1 aromatic carbocycles. The number of pyridine rings is 1. The quantitative estimate of drug-likeness (QED) is 0.675. The molecule has 3 aromatic rings. The monoisotopic (exact) mass is 215 g/mol. The van der Waals surface area contributed by atoms with Crippen molar-refractivity contribution >= 4 is 16.4 Å². The molecule has 2 heterocycles. The van der Waals surface area contributed by atoms with E-state index in [9.17, 15) is 4.39 Å². The molecule has 0 bridgehead atoms. The highest BCUT2D eigenvalue weighted by Gasteiger charge is 2.05. The Balaban J connectivity index is 2.43. The van der Waals surface area contributed by atoms with Gasteiger partial charge in [-0.25, -0.2) is 9.37 Å². The van der Waals surface area contributed by atoms with Gasteiger partial charge >= 0.3 is 0 Å². The average Bonchev–Trinajstić information content (AvgIpc) is 2.71. The summed E-state index contributed by atoms with van der Waals surface area (Å²) in [5.74, 6) is -0.234. The van der Waals surface area contributed by atoms with E-state index in [1.165, 1.54) is 12.1 Å². The summed E-state index contributed by atoms with van der Waals surface area (Å²) in [5.41, 5.74) is 7.19. The van der Waals surface area contributed by atoms with E-state index in [0.29, 0.717) is 6.54 Å². The Morgan fingerprint density at radius 2 is 2.19 bits per heavy atom. The first-order chi connectivity index (χ1) is 7.78. The zero-order valence-corrected chi connectivity index (χ0v) is 8.52. The zero-order valence-electron chi connectivity index (χ0n) is 8.52. The van der Waals surface area contributed by atoms with Gasteiger partial charge in [-0.2, -0.15) is 0 Å². The lowest BCUT2D eigenvalue weighted by Crippen LogP contribution is -1.95. The molecule has 0 saturated heterocycles. The fraction of sp³-hybridized carbons (Fsp3) is 0.0833. The number of hydrogen-bond donors (Lipinski definition) is 1. The van der Waals surface area contributed by atoms with Gasteiger partial charge in [-0.05, 0) is 29.7 Å². The Morgan fingerprint density at radius 1 is 1.31 bits per heavy atom. The lowest BCUT2D eigenvalue weighted by atomic mass is 10.2. The molecule has 0 aliphatic carbocycles. The lowest BCUT2D eigenvalue weighted by Gasteiger charge is -1.99.